The van der Waals surface area contributed by atoms with Gasteiger partial charge in [0.05, 0.1) is 5.41 Å². The van der Waals surface area contributed by atoms with Crippen molar-refractivity contribution >= 4 is 5.91 Å². The fourth-order valence-electron chi connectivity index (χ4n) is 3.76. The van der Waals surface area contributed by atoms with Crippen LogP contribution in [0.4, 0.5) is 0 Å². The quantitative estimate of drug-likeness (QED) is 0.465. The molecule has 0 radical (unpaired) electrons. The molecule has 2 heteroatoms. The minimum atomic E-state index is -0.490. The van der Waals surface area contributed by atoms with Crippen molar-refractivity contribution in [3.63, 3.8) is 0 Å². The third kappa shape index (κ3) is 4.22. The molecule has 0 fully saturated rings. The molecule has 0 spiro atoms. The number of allylic oxidation sites excluding steroid dienone is 3. The number of nitrogens with one attached hydrogen (secondary N) is 1. The van der Waals surface area contributed by atoms with E-state index in [4.69, 9.17) is 0 Å². The van der Waals surface area contributed by atoms with Crippen LogP contribution in [-0.4, -0.2) is 12.5 Å². The summed E-state index contributed by atoms with van der Waals surface area (Å²) >= 11 is 0. The van der Waals surface area contributed by atoms with Crippen LogP contribution in [0, 0.1) is 10.8 Å². The summed E-state index contributed by atoms with van der Waals surface area (Å²) in [6, 6.07) is 0. The molecule has 0 aromatic rings. The minimum Gasteiger partial charge on any atom is -0.352 e. The summed E-state index contributed by atoms with van der Waals surface area (Å²) in [5.74, 6) is 0.0898. The van der Waals surface area contributed by atoms with E-state index in [1.54, 1.807) is 6.08 Å². The summed E-state index contributed by atoms with van der Waals surface area (Å²) in [5.41, 5.74) is -0.657. The first kappa shape index (κ1) is 20.4. The van der Waals surface area contributed by atoms with Crippen molar-refractivity contribution in [3.05, 3.63) is 50.6 Å². The SMILES string of the molecule is C=CCNC(=O)C(CC)(CC=C)C(CC=C)(CC=C)CCC. The van der Waals surface area contributed by atoms with E-state index in [1.165, 1.54) is 0 Å². The average Bonchev–Trinajstić information content (AvgIpc) is 2.50. The Morgan fingerprint density at radius 3 is 1.86 bits per heavy atom. The molecule has 1 N–H and O–H groups in total. The lowest BCUT2D eigenvalue weighted by atomic mass is 9.54. The van der Waals surface area contributed by atoms with Gasteiger partial charge in [-0.25, -0.2) is 0 Å². The summed E-state index contributed by atoms with van der Waals surface area (Å²) in [5, 5.41) is 3.02. The van der Waals surface area contributed by atoms with E-state index in [0.29, 0.717) is 13.0 Å². The summed E-state index contributed by atoms with van der Waals surface area (Å²) in [6.45, 7) is 20.2. The van der Waals surface area contributed by atoms with E-state index < -0.39 is 5.41 Å². The van der Waals surface area contributed by atoms with Crippen LogP contribution in [0.5, 0.6) is 0 Å². The molecule has 0 aromatic heterocycles. The van der Waals surface area contributed by atoms with Gasteiger partial charge in [0, 0.05) is 6.54 Å². The second-order valence-electron chi connectivity index (χ2n) is 5.94. The first-order chi connectivity index (χ1) is 10.5. The number of carbonyl (C=O) groups excluding carboxylic acids is 1. The molecule has 1 unspecified atom stereocenters. The highest BCUT2D eigenvalue weighted by atomic mass is 16.2. The summed E-state index contributed by atoms with van der Waals surface area (Å²) in [4.78, 5) is 13.0. The molecule has 0 saturated carbocycles. The number of hydrogen-bond donors (Lipinski definition) is 1. The highest BCUT2D eigenvalue weighted by Gasteiger charge is 2.52. The average molecular weight is 303 g/mol. The largest absolute Gasteiger partial charge is 0.352 e. The Hall–Kier alpha value is -1.57. The fraction of sp³-hybridized carbons (Fsp3) is 0.550. The second kappa shape index (κ2) is 10.2. The van der Waals surface area contributed by atoms with Crippen molar-refractivity contribution in [2.45, 2.75) is 52.4 Å². The molecule has 0 aromatic carbocycles. The molecule has 0 bridgehead atoms. The van der Waals surface area contributed by atoms with Crippen molar-refractivity contribution in [3.8, 4) is 0 Å². The summed E-state index contributed by atoms with van der Waals surface area (Å²) in [6.07, 6.45) is 12.5. The van der Waals surface area contributed by atoms with Gasteiger partial charge in [-0.05, 0) is 37.5 Å². The van der Waals surface area contributed by atoms with Gasteiger partial charge < -0.3 is 5.32 Å². The molecule has 22 heavy (non-hydrogen) atoms. The van der Waals surface area contributed by atoms with E-state index in [9.17, 15) is 4.79 Å². The summed E-state index contributed by atoms with van der Waals surface area (Å²) in [7, 11) is 0. The molecular formula is C20H33NO. The van der Waals surface area contributed by atoms with Crippen molar-refractivity contribution in [1.82, 2.24) is 5.32 Å². The predicted molar refractivity (Wildman–Crippen MR) is 97.7 cm³/mol. The van der Waals surface area contributed by atoms with E-state index in [0.717, 1.165) is 32.1 Å². The normalized spacial score (nSPS) is 13.7. The molecule has 1 atom stereocenters. The Balaban J connectivity index is 6.04. The monoisotopic (exact) mass is 303 g/mol. The number of amides is 1. The molecule has 0 aliphatic heterocycles. The van der Waals surface area contributed by atoms with Crippen LogP contribution in [0.15, 0.2) is 50.6 Å². The molecular weight excluding hydrogens is 270 g/mol. The van der Waals surface area contributed by atoms with E-state index >= 15 is 0 Å². The highest BCUT2D eigenvalue weighted by Crippen LogP contribution is 2.54. The van der Waals surface area contributed by atoms with Crippen molar-refractivity contribution < 1.29 is 4.79 Å². The van der Waals surface area contributed by atoms with Crippen molar-refractivity contribution in [2.24, 2.45) is 10.8 Å². The van der Waals surface area contributed by atoms with Crippen molar-refractivity contribution in [1.29, 1.82) is 0 Å². The van der Waals surface area contributed by atoms with Crippen LogP contribution in [0.1, 0.15) is 52.4 Å². The van der Waals surface area contributed by atoms with Gasteiger partial charge in [0.15, 0.2) is 0 Å². The van der Waals surface area contributed by atoms with Gasteiger partial charge in [0.2, 0.25) is 5.91 Å². The Bertz CT molecular complexity index is 387. The fourth-order valence-corrected chi connectivity index (χ4v) is 3.76. The lowest BCUT2D eigenvalue weighted by Gasteiger charge is -2.49. The number of carbonyl (C=O) groups is 1. The molecule has 0 rings (SSSR count). The van der Waals surface area contributed by atoms with Gasteiger partial charge >= 0.3 is 0 Å². The van der Waals surface area contributed by atoms with Crippen LogP contribution < -0.4 is 5.32 Å². The molecule has 0 saturated heterocycles. The van der Waals surface area contributed by atoms with E-state index in [1.807, 2.05) is 18.2 Å². The zero-order valence-corrected chi connectivity index (χ0v) is 14.5. The van der Waals surface area contributed by atoms with Gasteiger partial charge in [-0.1, -0.05) is 44.6 Å². The standard InChI is InChI=1S/C20H33NO/c1-7-13-19(14-8-2,15-9-3)20(12-6,16-10-4)18(22)21-17-11-5/h7-8,10-11H,1-2,4-5,9,12-17H2,3,6H3,(H,21,22). The molecule has 0 aliphatic rings. The predicted octanol–water partition coefficient (Wildman–Crippen LogP) is 5.20. The van der Waals surface area contributed by atoms with Crippen LogP contribution in [0.2, 0.25) is 0 Å². The smallest absolute Gasteiger partial charge is 0.227 e. The maximum atomic E-state index is 13.0. The van der Waals surface area contributed by atoms with Gasteiger partial charge in [-0.2, -0.15) is 0 Å². The molecule has 1 amide bonds. The maximum absolute atomic E-state index is 13.0. The lowest BCUT2D eigenvalue weighted by molar-refractivity contribution is -0.141. The topological polar surface area (TPSA) is 29.1 Å². The zero-order valence-electron chi connectivity index (χ0n) is 14.5. The summed E-state index contributed by atoms with van der Waals surface area (Å²) < 4.78 is 0. The Morgan fingerprint density at radius 1 is 0.955 bits per heavy atom. The van der Waals surface area contributed by atoms with Gasteiger partial charge in [-0.15, -0.1) is 26.3 Å². The number of rotatable bonds is 13. The highest BCUT2D eigenvalue weighted by molar-refractivity contribution is 5.84. The van der Waals surface area contributed by atoms with E-state index in [2.05, 4.69) is 45.5 Å². The third-order valence-corrected chi connectivity index (χ3v) is 4.75. The second-order valence-corrected chi connectivity index (χ2v) is 5.94. The molecule has 2 nitrogen and oxygen atoms in total. The first-order valence-electron chi connectivity index (χ1n) is 8.26. The Morgan fingerprint density at radius 2 is 1.50 bits per heavy atom. The van der Waals surface area contributed by atoms with Crippen molar-refractivity contribution in [2.75, 3.05) is 6.54 Å². The molecule has 124 valence electrons. The first-order valence-corrected chi connectivity index (χ1v) is 8.26. The van der Waals surface area contributed by atoms with Gasteiger partial charge in [-0.3, -0.25) is 4.79 Å². The van der Waals surface area contributed by atoms with Crippen LogP contribution in [0.25, 0.3) is 0 Å². The zero-order chi connectivity index (χ0) is 17.1. The van der Waals surface area contributed by atoms with Gasteiger partial charge in [0.25, 0.3) is 0 Å². The van der Waals surface area contributed by atoms with Crippen LogP contribution >= 0.6 is 0 Å². The number of hydrogen-bond acceptors (Lipinski definition) is 1. The minimum absolute atomic E-state index is 0.0898. The van der Waals surface area contributed by atoms with Gasteiger partial charge in [0.1, 0.15) is 0 Å². The Kier molecular flexibility index (Phi) is 9.48. The maximum Gasteiger partial charge on any atom is 0.227 e. The molecule has 0 aliphatic carbocycles. The lowest BCUT2D eigenvalue weighted by Crippen LogP contribution is -2.52. The Labute approximate surface area is 137 Å². The van der Waals surface area contributed by atoms with Crippen LogP contribution in [-0.2, 0) is 4.79 Å². The van der Waals surface area contributed by atoms with E-state index in [-0.39, 0.29) is 11.3 Å². The third-order valence-electron chi connectivity index (χ3n) is 4.75. The van der Waals surface area contributed by atoms with Crippen LogP contribution in [0.3, 0.4) is 0 Å². The molecule has 0 heterocycles.